The predicted molar refractivity (Wildman–Crippen MR) is 88.3 cm³/mol. The quantitative estimate of drug-likeness (QED) is 0.608. The molecule has 25 heavy (non-hydrogen) atoms. The lowest BCUT2D eigenvalue weighted by atomic mass is 9.90. The molecule has 5 heteroatoms. The van der Waals surface area contributed by atoms with Crippen LogP contribution in [0.1, 0.15) is 40.7 Å². The lowest BCUT2D eigenvalue weighted by molar-refractivity contribution is -0.149. The highest BCUT2D eigenvalue weighted by atomic mass is 19.1. The molecule has 130 valence electrons. The van der Waals surface area contributed by atoms with Gasteiger partial charge in [-0.05, 0) is 36.1 Å². The van der Waals surface area contributed by atoms with Gasteiger partial charge in [-0.3, -0.25) is 9.59 Å². The minimum Gasteiger partial charge on any atom is -0.462 e. The Kier molecular flexibility index (Phi) is 5.22. The lowest BCUT2D eigenvalue weighted by Crippen LogP contribution is -2.25. The van der Waals surface area contributed by atoms with E-state index in [9.17, 15) is 18.4 Å². The summed E-state index contributed by atoms with van der Waals surface area (Å²) in [7, 11) is 0. The summed E-state index contributed by atoms with van der Waals surface area (Å²) in [5.41, 5.74) is 2.24. The third kappa shape index (κ3) is 4.29. The van der Waals surface area contributed by atoms with Crippen LogP contribution in [-0.2, 0) is 22.4 Å². The predicted octanol–water partition coefficient (Wildman–Crippen LogP) is 4.03. The molecule has 3 rings (SSSR count). The Morgan fingerprint density at radius 2 is 1.80 bits per heavy atom. The van der Waals surface area contributed by atoms with Gasteiger partial charge in [-0.2, -0.15) is 0 Å². The fourth-order valence-corrected chi connectivity index (χ4v) is 3.08. The molecular weight excluding hydrogens is 326 g/mol. The van der Waals surface area contributed by atoms with E-state index in [0.29, 0.717) is 12.5 Å². The van der Waals surface area contributed by atoms with Crippen molar-refractivity contribution in [3.63, 3.8) is 0 Å². The molecular formula is C20H18F2O3. The average Bonchev–Trinajstić information content (AvgIpc) is 2.59. The van der Waals surface area contributed by atoms with Crippen LogP contribution >= 0.6 is 0 Å². The molecule has 2 aromatic carbocycles. The SMILES string of the molecule is O=C(CCC(=O)c1ccc(F)cc1F)OC1CCc2ccccc2C1. The van der Waals surface area contributed by atoms with E-state index in [2.05, 4.69) is 6.07 Å². The van der Waals surface area contributed by atoms with Gasteiger partial charge in [-0.25, -0.2) is 8.78 Å². The molecule has 0 aromatic heterocycles. The number of hydrogen-bond acceptors (Lipinski definition) is 3. The van der Waals surface area contributed by atoms with Gasteiger partial charge >= 0.3 is 5.97 Å². The largest absolute Gasteiger partial charge is 0.462 e. The van der Waals surface area contributed by atoms with E-state index in [1.165, 1.54) is 11.1 Å². The van der Waals surface area contributed by atoms with Crippen LogP contribution in [-0.4, -0.2) is 17.9 Å². The fraction of sp³-hybridized carbons (Fsp3) is 0.300. The maximum Gasteiger partial charge on any atom is 0.306 e. The van der Waals surface area contributed by atoms with Crippen molar-refractivity contribution in [3.05, 3.63) is 70.8 Å². The Hall–Kier alpha value is -2.56. The minimum absolute atomic E-state index is 0.117. The van der Waals surface area contributed by atoms with Gasteiger partial charge in [0.05, 0.1) is 12.0 Å². The molecule has 1 aliphatic rings. The first-order chi connectivity index (χ1) is 12.0. The van der Waals surface area contributed by atoms with E-state index in [0.717, 1.165) is 25.0 Å². The van der Waals surface area contributed by atoms with Crippen LogP contribution in [0.5, 0.6) is 0 Å². The van der Waals surface area contributed by atoms with Crippen LogP contribution in [0.3, 0.4) is 0 Å². The highest BCUT2D eigenvalue weighted by Gasteiger charge is 2.22. The summed E-state index contributed by atoms with van der Waals surface area (Å²) < 4.78 is 31.9. The highest BCUT2D eigenvalue weighted by Crippen LogP contribution is 2.23. The van der Waals surface area contributed by atoms with Crippen LogP contribution in [0.2, 0.25) is 0 Å². The number of ketones is 1. The van der Waals surface area contributed by atoms with Gasteiger partial charge in [0.25, 0.3) is 0 Å². The Balaban J connectivity index is 1.51. The normalized spacial score (nSPS) is 16.2. The summed E-state index contributed by atoms with van der Waals surface area (Å²) >= 11 is 0. The molecule has 0 amide bonds. The molecule has 3 nitrogen and oxygen atoms in total. The van der Waals surface area contributed by atoms with Gasteiger partial charge in [-0.15, -0.1) is 0 Å². The third-order valence-electron chi connectivity index (χ3n) is 4.39. The molecule has 0 spiro atoms. The van der Waals surface area contributed by atoms with E-state index in [4.69, 9.17) is 4.74 Å². The number of ether oxygens (including phenoxy) is 1. The Morgan fingerprint density at radius 3 is 2.56 bits per heavy atom. The second-order valence-electron chi connectivity index (χ2n) is 6.17. The third-order valence-corrected chi connectivity index (χ3v) is 4.39. The molecule has 0 saturated carbocycles. The standard InChI is InChI=1S/C20H18F2O3/c21-15-6-8-17(18(22)12-15)19(23)9-10-20(24)25-16-7-5-13-3-1-2-4-14(13)11-16/h1-4,6,8,12,16H,5,7,9-11H2. The van der Waals surface area contributed by atoms with E-state index in [-0.39, 0.29) is 24.5 Å². The van der Waals surface area contributed by atoms with Gasteiger partial charge in [0, 0.05) is 18.9 Å². The maximum absolute atomic E-state index is 13.6. The summed E-state index contributed by atoms with van der Waals surface area (Å²) in [5.74, 6) is -2.67. The lowest BCUT2D eigenvalue weighted by Gasteiger charge is -2.24. The van der Waals surface area contributed by atoms with Crippen molar-refractivity contribution in [2.75, 3.05) is 0 Å². The number of esters is 1. The van der Waals surface area contributed by atoms with Crippen molar-refractivity contribution >= 4 is 11.8 Å². The summed E-state index contributed by atoms with van der Waals surface area (Å²) in [4.78, 5) is 23.9. The van der Waals surface area contributed by atoms with E-state index < -0.39 is 23.4 Å². The zero-order chi connectivity index (χ0) is 17.8. The smallest absolute Gasteiger partial charge is 0.306 e. The maximum atomic E-state index is 13.6. The number of rotatable bonds is 5. The van der Waals surface area contributed by atoms with Gasteiger partial charge in [0.2, 0.25) is 0 Å². The summed E-state index contributed by atoms with van der Waals surface area (Å²) in [6.45, 7) is 0. The number of Topliss-reactive ketones (excluding diaryl/α,β-unsaturated/α-hetero) is 1. The van der Waals surface area contributed by atoms with Crippen molar-refractivity contribution in [1.29, 1.82) is 0 Å². The Labute approximate surface area is 144 Å². The Morgan fingerprint density at radius 1 is 1.04 bits per heavy atom. The van der Waals surface area contributed by atoms with Crippen LogP contribution in [0, 0.1) is 11.6 Å². The average molecular weight is 344 g/mol. The van der Waals surface area contributed by atoms with Crippen LogP contribution in [0.15, 0.2) is 42.5 Å². The second kappa shape index (κ2) is 7.55. The molecule has 0 N–H and O–H groups in total. The monoisotopic (exact) mass is 344 g/mol. The van der Waals surface area contributed by atoms with Crippen molar-refractivity contribution in [2.24, 2.45) is 0 Å². The molecule has 2 aromatic rings. The van der Waals surface area contributed by atoms with Gasteiger partial charge in [0.1, 0.15) is 17.7 Å². The summed E-state index contributed by atoms with van der Waals surface area (Å²) in [6.07, 6.45) is 1.80. The molecule has 1 unspecified atom stereocenters. The first-order valence-corrected chi connectivity index (χ1v) is 8.27. The zero-order valence-electron chi connectivity index (χ0n) is 13.6. The van der Waals surface area contributed by atoms with E-state index in [1.54, 1.807) is 0 Å². The molecule has 0 fully saturated rings. The number of benzene rings is 2. The molecule has 0 aliphatic heterocycles. The minimum atomic E-state index is -0.915. The first-order valence-electron chi connectivity index (χ1n) is 8.27. The molecule has 0 radical (unpaired) electrons. The fourth-order valence-electron chi connectivity index (χ4n) is 3.08. The number of hydrogen-bond donors (Lipinski definition) is 0. The number of halogens is 2. The number of fused-ring (bicyclic) bond motifs is 1. The Bertz CT molecular complexity index is 801. The zero-order valence-corrected chi connectivity index (χ0v) is 13.6. The van der Waals surface area contributed by atoms with Crippen molar-refractivity contribution < 1.29 is 23.1 Å². The summed E-state index contributed by atoms with van der Waals surface area (Å²) in [5, 5.41) is 0. The van der Waals surface area contributed by atoms with Crippen molar-refractivity contribution in [3.8, 4) is 0 Å². The topological polar surface area (TPSA) is 43.4 Å². The molecule has 0 saturated heterocycles. The first kappa shape index (κ1) is 17.3. The summed E-state index contributed by atoms with van der Waals surface area (Å²) in [6, 6.07) is 10.8. The number of carbonyl (C=O) groups excluding carboxylic acids is 2. The van der Waals surface area contributed by atoms with Crippen molar-refractivity contribution in [2.45, 2.75) is 38.2 Å². The van der Waals surface area contributed by atoms with Gasteiger partial charge in [-0.1, -0.05) is 24.3 Å². The van der Waals surface area contributed by atoms with Gasteiger partial charge < -0.3 is 4.74 Å². The van der Waals surface area contributed by atoms with E-state index in [1.807, 2.05) is 18.2 Å². The molecule has 0 heterocycles. The number of carbonyl (C=O) groups is 2. The van der Waals surface area contributed by atoms with Crippen LogP contribution in [0.4, 0.5) is 8.78 Å². The van der Waals surface area contributed by atoms with Gasteiger partial charge in [0.15, 0.2) is 5.78 Å². The van der Waals surface area contributed by atoms with Crippen LogP contribution < -0.4 is 0 Å². The second-order valence-corrected chi connectivity index (χ2v) is 6.17. The highest BCUT2D eigenvalue weighted by molar-refractivity contribution is 5.97. The van der Waals surface area contributed by atoms with Crippen molar-refractivity contribution in [1.82, 2.24) is 0 Å². The molecule has 1 atom stereocenters. The number of aryl methyl sites for hydroxylation is 1. The molecule has 0 bridgehead atoms. The van der Waals surface area contributed by atoms with Crippen LogP contribution in [0.25, 0.3) is 0 Å². The molecule has 1 aliphatic carbocycles. The van der Waals surface area contributed by atoms with E-state index >= 15 is 0 Å².